The van der Waals surface area contributed by atoms with Crippen LogP contribution in [0.1, 0.15) is 24.6 Å². The molecule has 0 saturated carbocycles. The summed E-state index contributed by atoms with van der Waals surface area (Å²) in [7, 11) is 0. The summed E-state index contributed by atoms with van der Waals surface area (Å²) in [6.45, 7) is 0.521. The van der Waals surface area contributed by atoms with Gasteiger partial charge in [-0.3, -0.25) is 0 Å². The molecule has 1 saturated heterocycles. The number of nitrogens with zero attached hydrogens (tertiary/aromatic N) is 3. The van der Waals surface area contributed by atoms with Crippen LogP contribution in [-0.2, 0) is 4.74 Å². The Balaban J connectivity index is 1.81. The first kappa shape index (κ1) is 13.5. The van der Waals surface area contributed by atoms with Gasteiger partial charge in [0.2, 0.25) is 0 Å². The highest BCUT2D eigenvalue weighted by atomic mass is 35.5. The lowest BCUT2D eigenvalue weighted by Gasteiger charge is -2.25. The quantitative estimate of drug-likeness (QED) is 0.923. The molecule has 2 aromatic rings. The summed E-state index contributed by atoms with van der Waals surface area (Å²) in [5, 5.41) is 8.54. The van der Waals surface area contributed by atoms with Gasteiger partial charge in [0.25, 0.3) is 0 Å². The Morgan fingerprint density at radius 1 is 1.40 bits per heavy atom. The van der Waals surface area contributed by atoms with Crippen molar-refractivity contribution in [3.63, 3.8) is 0 Å². The SMILES string of the molecule is N[C@@H]1CC[C@@H](c2cnn(-c3ccc(Cl)c(F)c3)n2)OC1. The van der Waals surface area contributed by atoms with Crippen molar-refractivity contribution in [3.8, 4) is 5.69 Å². The van der Waals surface area contributed by atoms with E-state index in [0.717, 1.165) is 18.5 Å². The van der Waals surface area contributed by atoms with Gasteiger partial charge in [-0.25, -0.2) is 4.39 Å². The monoisotopic (exact) mass is 296 g/mol. The third-order valence-electron chi connectivity index (χ3n) is 3.28. The number of ether oxygens (including phenoxy) is 1. The van der Waals surface area contributed by atoms with Crippen LogP contribution in [0.2, 0.25) is 5.02 Å². The topological polar surface area (TPSA) is 66.0 Å². The Hall–Kier alpha value is -1.50. The van der Waals surface area contributed by atoms with Crippen LogP contribution in [0.3, 0.4) is 0 Å². The van der Waals surface area contributed by atoms with Crippen molar-refractivity contribution >= 4 is 11.6 Å². The number of benzene rings is 1. The third-order valence-corrected chi connectivity index (χ3v) is 3.59. The van der Waals surface area contributed by atoms with Crippen molar-refractivity contribution in [3.05, 3.63) is 40.9 Å². The van der Waals surface area contributed by atoms with E-state index in [1.165, 1.54) is 16.9 Å². The molecule has 0 amide bonds. The van der Waals surface area contributed by atoms with Crippen LogP contribution < -0.4 is 5.73 Å². The molecule has 2 heterocycles. The maximum absolute atomic E-state index is 13.4. The Bertz CT molecular complexity index is 610. The molecule has 0 spiro atoms. The molecule has 1 aromatic heterocycles. The highest BCUT2D eigenvalue weighted by molar-refractivity contribution is 6.30. The van der Waals surface area contributed by atoms with Crippen molar-refractivity contribution in [2.45, 2.75) is 25.0 Å². The smallest absolute Gasteiger partial charge is 0.144 e. The second kappa shape index (κ2) is 5.47. The molecule has 1 aliphatic rings. The fourth-order valence-electron chi connectivity index (χ4n) is 2.16. The predicted molar refractivity (Wildman–Crippen MR) is 72.2 cm³/mol. The van der Waals surface area contributed by atoms with E-state index in [9.17, 15) is 4.39 Å². The van der Waals surface area contributed by atoms with Gasteiger partial charge in [-0.05, 0) is 25.0 Å². The van der Waals surface area contributed by atoms with E-state index in [1.54, 1.807) is 12.3 Å². The van der Waals surface area contributed by atoms with Gasteiger partial charge in [0.05, 0.1) is 23.5 Å². The molecule has 0 aliphatic carbocycles. The summed E-state index contributed by atoms with van der Waals surface area (Å²) in [5.74, 6) is -0.497. The van der Waals surface area contributed by atoms with Crippen LogP contribution in [-0.4, -0.2) is 27.6 Å². The number of aromatic nitrogens is 3. The zero-order chi connectivity index (χ0) is 14.1. The second-order valence-corrected chi connectivity index (χ2v) is 5.22. The molecule has 106 valence electrons. The van der Waals surface area contributed by atoms with Crippen LogP contribution in [0, 0.1) is 5.82 Å². The number of hydrogen-bond donors (Lipinski definition) is 1. The van der Waals surface area contributed by atoms with Gasteiger partial charge in [-0.1, -0.05) is 11.6 Å². The number of rotatable bonds is 2. The zero-order valence-corrected chi connectivity index (χ0v) is 11.4. The summed E-state index contributed by atoms with van der Waals surface area (Å²) in [6, 6.07) is 4.52. The van der Waals surface area contributed by atoms with E-state index in [2.05, 4.69) is 10.2 Å². The summed E-state index contributed by atoms with van der Waals surface area (Å²) < 4.78 is 19.1. The summed E-state index contributed by atoms with van der Waals surface area (Å²) in [6.07, 6.45) is 3.25. The molecule has 1 aromatic carbocycles. The van der Waals surface area contributed by atoms with Crippen molar-refractivity contribution in [2.24, 2.45) is 5.73 Å². The molecular formula is C13H14ClFN4O. The van der Waals surface area contributed by atoms with Crippen molar-refractivity contribution in [2.75, 3.05) is 6.61 Å². The molecule has 20 heavy (non-hydrogen) atoms. The summed E-state index contributed by atoms with van der Waals surface area (Å²) in [4.78, 5) is 1.37. The average molecular weight is 297 g/mol. The molecule has 7 heteroatoms. The average Bonchev–Trinajstić information content (AvgIpc) is 2.92. The highest BCUT2D eigenvalue weighted by Crippen LogP contribution is 2.26. The standard InChI is InChI=1S/C13H14ClFN4O/c14-10-3-2-9(5-11(10)15)19-17-6-12(18-19)13-4-1-8(16)7-20-13/h2-3,5-6,8,13H,1,4,7,16H2/t8-,13+/m1/s1. The zero-order valence-electron chi connectivity index (χ0n) is 10.7. The van der Waals surface area contributed by atoms with E-state index >= 15 is 0 Å². The first-order chi connectivity index (χ1) is 9.63. The number of nitrogens with two attached hydrogens (primary N) is 1. The van der Waals surface area contributed by atoms with Gasteiger partial charge in [-0.15, -0.1) is 0 Å². The van der Waals surface area contributed by atoms with Crippen LogP contribution in [0.15, 0.2) is 24.4 Å². The highest BCUT2D eigenvalue weighted by Gasteiger charge is 2.23. The maximum atomic E-state index is 13.4. The van der Waals surface area contributed by atoms with Crippen LogP contribution >= 0.6 is 11.6 Å². The van der Waals surface area contributed by atoms with Crippen LogP contribution in [0.4, 0.5) is 4.39 Å². The van der Waals surface area contributed by atoms with Gasteiger partial charge >= 0.3 is 0 Å². The van der Waals surface area contributed by atoms with Crippen molar-refractivity contribution < 1.29 is 9.13 Å². The molecule has 5 nitrogen and oxygen atoms in total. The van der Waals surface area contributed by atoms with E-state index in [4.69, 9.17) is 22.1 Å². The molecule has 1 fully saturated rings. The second-order valence-electron chi connectivity index (χ2n) is 4.82. The van der Waals surface area contributed by atoms with Crippen molar-refractivity contribution in [1.82, 2.24) is 15.0 Å². The Labute approximate surface area is 120 Å². The number of hydrogen-bond acceptors (Lipinski definition) is 4. The molecule has 0 bridgehead atoms. The summed E-state index contributed by atoms with van der Waals surface area (Å²) >= 11 is 5.65. The molecule has 2 atom stereocenters. The minimum atomic E-state index is -0.497. The van der Waals surface area contributed by atoms with E-state index < -0.39 is 5.82 Å². The molecule has 1 aliphatic heterocycles. The van der Waals surface area contributed by atoms with Gasteiger partial charge in [0, 0.05) is 12.1 Å². The van der Waals surface area contributed by atoms with Gasteiger partial charge in [0.15, 0.2) is 0 Å². The first-order valence-corrected chi connectivity index (χ1v) is 6.76. The van der Waals surface area contributed by atoms with Crippen LogP contribution in [0.5, 0.6) is 0 Å². The lowest BCUT2D eigenvalue weighted by molar-refractivity contribution is 0.00143. The van der Waals surface area contributed by atoms with Crippen LogP contribution in [0.25, 0.3) is 5.69 Å². The minimum Gasteiger partial charge on any atom is -0.370 e. The normalized spacial score (nSPS) is 22.9. The molecule has 2 N–H and O–H groups in total. The van der Waals surface area contributed by atoms with Gasteiger partial charge < -0.3 is 10.5 Å². The van der Waals surface area contributed by atoms with E-state index in [-0.39, 0.29) is 17.2 Å². The first-order valence-electron chi connectivity index (χ1n) is 6.38. The van der Waals surface area contributed by atoms with E-state index in [1.807, 2.05) is 0 Å². The molecule has 0 radical (unpaired) electrons. The lowest BCUT2D eigenvalue weighted by Crippen LogP contribution is -2.32. The Morgan fingerprint density at radius 2 is 2.25 bits per heavy atom. The fraction of sp³-hybridized carbons (Fsp3) is 0.385. The van der Waals surface area contributed by atoms with E-state index in [0.29, 0.717) is 12.3 Å². The molecule has 3 rings (SSSR count). The van der Waals surface area contributed by atoms with Gasteiger partial charge in [-0.2, -0.15) is 15.0 Å². The van der Waals surface area contributed by atoms with Gasteiger partial charge in [0.1, 0.15) is 17.6 Å². The van der Waals surface area contributed by atoms with Crippen molar-refractivity contribution in [1.29, 1.82) is 0 Å². The molecule has 0 unspecified atom stereocenters. The maximum Gasteiger partial charge on any atom is 0.144 e. The summed E-state index contributed by atoms with van der Waals surface area (Å²) in [5.41, 5.74) is 7.03. The predicted octanol–water partition coefficient (Wildman–Crippen LogP) is 2.24. The molecular weight excluding hydrogens is 283 g/mol. The fourth-order valence-corrected chi connectivity index (χ4v) is 2.28. The third kappa shape index (κ3) is 2.67. The largest absolute Gasteiger partial charge is 0.370 e. The Kier molecular flexibility index (Phi) is 3.69. The lowest BCUT2D eigenvalue weighted by atomic mass is 10.0. The minimum absolute atomic E-state index is 0.0748. The number of halogens is 2. The Morgan fingerprint density at radius 3 is 2.95 bits per heavy atom.